The Morgan fingerprint density at radius 3 is 2.13 bits per heavy atom. The van der Waals surface area contributed by atoms with Crippen LogP contribution in [0.25, 0.3) is 0 Å². The molecule has 0 saturated carbocycles. The lowest BCUT2D eigenvalue weighted by Gasteiger charge is -2.08. The van der Waals surface area contributed by atoms with E-state index in [1.54, 1.807) is 11.6 Å². The van der Waals surface area contributed by atoms with Crippen LogP contribution in [0.15, 0.2) is 53.7 Å². The van der Waals surface area contributed by atoms with Gasteiger partial charge in [-0.2, -0.15) is 0 Å². The van der Waals surface area contributed by atoms with Gasteiger partial charge in [-0.1, -0.05) is 55.4 Å². The largest absolute Gasteiger partial charge is 0.326 e. The first kappa shape index (κ1) is 22.6. The fourth-order valence-corrected chi connectivity index (χ4v) is 3.62. The van der Waals surface area contributed by atoms with Gasteiger partial charge in [-0.15, -0.1) is 10.2 Å². The lowest BCUT2D eigenvalue weighted by Crippen LogP contribution is -2.17. The topological polar surface area (TPSA) is 88.9 Å². The lowest BCUT2D eigenvalue weighted by atomic mass is 10.0. The molecule has 7 nitrogen and oxygen atoms in total. The number of nitrogens with zero attached hydrogens (tertiary/aromatic N) is 3. The minimum atomic E-state index is -0.168. The third-order valence-electron chi connectivity index (χ3n) is 4.77. The fraction of sp³-hybridized carbons (Fsp3) is 0.304. The van der Waals surface area contributed by atoms with Crippen LogP contribution in [0.1, 0.15) is 36.7 Å². The Kier molecular flexibility index (Phi) is 7.46. The van der Waals surface area contributed by atoms with Crippen molar-refractivity contribution >= 4 is 35.0 Å². The van der Waals surface area contributed by atoms with E-state index in [4.69, 9.17) is 0 Å². The molecule has 8 heteroatoms. The van der Waals surface area contributed by atoms with Crippen molar-refractivity contribution in [2.24, 2.45) is 7.05 Å². The highest BCUT2D eigenvalue weighted by Crippen LogP contribution is 2.19. The molecule has 0 aliphatic rings. The molecule has 0 unspecified atom stereocenters. The summed E-state index contributed by atoms with van der Waals surface area (Å²) in [4.78, 5) is 24.6. The second-order valence-electron chi connectivity index (χ2n) is 7.66. The molecule has 0 aliphatic heterocycles. The number of hydrogen-bond donors (Lipinski definition) is 2. The summed E-state index contributed by atoms with van der Waals surface area (Å²) in [7, 11) is 1.79. The van der Waals surface area contributed by atoms with E-state index in [1.165, 1.54) is 17.3 Å². The van der Waals surface area contributed by atoms with Crippen LogP contribution in [0.4, 0.5) is 11.4 Å². The quantitative estimate of drug-likeness (QED) is 0.517. The van der Waals surface area contributed by atoms with Crippen molar-refractivity contribution in [3.8, 4) is 0 Å². The molecule has 1 aromatic heterocycles. The first-order valence-electron chi connectivity index (χ1n) is 10.1. The van der Waals surface area contributed by atoms with Crippen molar-refractivity contribution in [2.45, 2.75) is 38.3 Å². The Morgan fingerprint density at radius 2 is 1.52 bits per heavy atom. The van der Waals surface area contributed by atoms with Crippen molar-refractivity contribution in [3.63, 3.8) is 0 Å². The summed E-state index contributed by atoms with van der Waals surface area (Å²) in [6, 6.07) is 15.5. The third-order valence-corrected chi connectivity index (χ3v) is 5.79. The zero-order chi connectivity index (χ0) is 22.4. The molecule has 2 N–H and O–H groups in total. The maximum atomic E-state index is 12.3. The van der Waals surface area contributed by atoms with Crippen LogP contribution in [0, 0.1) is 6.92 Å². The molecule has 0 radical (unpaired) electrons. The van der Waals surface area contributed by atoms with Crippen LogP contribution < -0.4 is 10.6 Å². The predicted octanol–water partition coefficient (Wildman–Crippen LogP) is 4.16. The number of rotatable bonds is 8. The third kappa shape index (κ3) is 6.42. The van der Waals surface area contributed by atoms with Crippen molar-refractivity contribution in [3.05, 3.63) is 65.5 Å². The first-order chi connectivity index (χ1) is 14.8. The Bertz CT molecular complexity index is 1040. The summed E-state index contributed by atoms with van der Waals surface area (Å²) in [6.07, 6.45) is 0.104. The average molecular weight is 438 g/mol. The molecule has 31 heavy (non-hydrogen) atoms. The van der Waals surface area contributed by atoms with E-state index in [9.17, 15) is 9.59 Å². The Labute approximate surface area is 186 Å². The smallest absolute Gasteiger partial charge is 0.234 e. The van der Waals surface area contributed by atoms with E-state index in [-0.39, 0.29) is 24.0 Å². The van der Waals surface area contributed by atoms with Gasteiger partial charge in [0.25, 0.3) is 0 Å². The van der Waals surface area contributed by atoms with Gasteiger partial charge in [-0.3, -0.25) is 9.59 Å². The number of carbonyl (C=O) groups excluding carboxylic acids is 2. The molecular weight excluding hydrogens is 410 g/mol. The molecule has 162 valence electrons. The van der Waals surface area contributed by atoms with Gasteiger partial charge in [0.15, 0.2) is 5.16 Å². The molecule has 0 atom stereocenters. The van der Waals surface area contributed by atoms with Gasteiger partial charge in [0.05, 0.1) is 12.2 Å². The van der Waals surface area contributed by atoms with Gasteiger partial charge in [-0.05, 0) is 42.7 Å². The first-order valence-corrected chi connectivity index (χ1v) is 11.1. The van der Waals surface area contributed by atoms with Crippen LogP contribution >= 0.6 is 11.8 Å². The molecule has 3 aromatic rings. The molecule has 0 saturated heterocycles. The molecule has 0 aliphatic carbocycles. The van der Waals surface area contributed by atoms with Crippen LogP contribution in [-0.2, 0) is 23.1 Å². The number of nitrogens with one attached hydrogen (secondary N) is 2. The zero-order valence-electron chi connectivity index (χ0n) is 18.2. The van der Waals surface area contributed by atoms with Gasteiger partial charge >= 0.3 is 0 Å². The van der Waals surface area contributed by atoms with Gasteiger partial charge in [0, 0.05) is 18.4 Å². The molecule has 0 spiro atoms. The van der Waals surface area contributed by atoms with Crippen LogP contribution in [-0.4, -0.2) is 32.3 Å². The minimum absolute atomic E-state index is 0.104. The van der Waals surface area contributed by atoms with E-state index in [0.717, 1.165) is 16.9 Å². The standard InChI is InChI=1S/C23H27N5O2S/c1-15(2)17-7-11-19(12-8-17)25-22(30)14-31-23-27-26-20(28(23)4)13-21(29)24-18-9-5-16(3)6-10-18/h5-12,15H,13-14H2,1-4H3,(H,24,29)(H,25,30). The van der Waals surface area contributed by atoms with Crippen molar-refractivity contribution in [1.29, 1.82) is 0 Å². The van der Waals surface area contributed by atoms with E-state index >= 15 is 0 Å². The number of aryl methyl sites for hydroxylation is 1. The zero-order valence-corrected chi connectivity index (χ0v) is 19.0. The predicted molar refractivity (Wildman–Crippen MR) is 124 cm³/mol. The maximum absolute atomic E-state index is 12.3. The van der Waals surface area contributed by atoms with Gasteiger partial charge < -0.3 is 15.2 Å². The summed E-state index contributed by atoms with van der Waals surface area (Å²) in [5.74, 6) is 0.900. The summed E-state index contributed by atoms with van der Waals surface area (Å²) < 4.78 is 1.74. The fourth-order valence-electron chi connectivity index (χ4n) is 2.89. The van der Waals surface area contributed by atoms with Crippen molar-refractivity contribution in [1.82, 2.24) is 14.8 Å². The number of aromatic nitrogens is 3. The normalized spacial score (nSPS) is 10.9. The molecule has 2 aromatic carbocycles. The number of thioether (sulfide) groups is 1. The highest BCUT2D eigenvalue weighted by atomic mass is 32.2. The summed E-state index contributed by atoms with van der Waals surface area (Å²) >= 11 is 1.28. The molecule has 0 fully saturated rings. The summed E-state index contributed by atoms with van der Waals surface area (Å²) in [5.41, 5.74) is 3.86. The Balaban J connectivity index is 1.50. The van der Waals surface area contributed by atoms with Gasteiger partial charge in [0.2, 0.25) is 11.8 Å². The van der Waals surface area contributed by atoms with Crippen LogP contribution in [0.3, 0.4) is 0 Å². The molecular formula is C23H27N5O2S. The van der Waals surface area contributed by atoms with Crippen LogP contribution in [0.5, 0.6) is 0 Å². The molecule has 1 heterocycles. The van der Waals surface area contributed by atoms with Gasteiger partial charge in [0.1, 0.15) is 5.82 Å². The number of benzene rings is 2. The van der Waals surface area contributed by atoms with Gasteiger partial charge in [-0.25, -0.2) is 0 Å². The number of amides is 2. The van der Waals surface area contributed by atoms with E-state index in [0.29, 0.717) is 16.9 Å². The van der Waals surface area contributed by atoms with Crippen molar-refractivity contribution in [2.75, 3.05) is 16.4 Å². The summed E-state index contributed by atoms with van der Waals surface area (Å²) in [6.45, 7) is 6.25. The monoisotopic (exact) mass is 437 g/mol. The van der Waals surface area contributed by atoms with Crippen LogP contribution in [0.2, 0.25) is 0 Å². The van der Waals surface area contributed by atoms with E-state index in [2.05, 4.69) is 34.7 Å². The number of carbonyl (C=O) groups is 2. The van der Waals surface area contributed by atoms with E-state index < -0.39 is 0 Å². The Morgan fingerprint density at radius 1 is 0.935 bits per heavy atom. The van der Waals surface area contributed by atoms with Crippen molar-refractivity contribution < 1.29 is 9.59 Å². The molecule has 3 rings (SSSR count). The number of hydrogen-bond acceptors (Lipinski definition) is 5. The summed E-state index contributed by atoms with van der Waals surface area (Å²) in [5, 5.41) is 14.5. The maximum Gasteiger partial charge on any atom is 0.234 e. The average Bonchev–Trinajstić information content (AvgIpc) is 3.08. The Hall–Kier alpha value is -3.13. The number of anilines is 2. The lowest BCUT2D eigenvalue weighted by molar-refractivity contribution is -0.116. The second kappa shape index (κ2) is 10.3. The highest BCUT2D eigenvalue weighted by Gasteiger charge is 2.15. The SMILES string of the molecule is Cc1ccc(NC(=O)Cc2nnc(SCC(=O)Nc3ccc(C(C)C)cc3)n2C)cc1. The second-order valence-corrected chi connectivity index (χ2v) is 8.60. The molecule has 0 bridgehead atoms. The highest BCUT2D eigenvalue weighted by molar-refractivity contribution is 7.99. The molecule has 2 amide bonds. The minimum Gasteiger partial charge on any atom is -0.326 e. The van der Waals surface area contributed by atoms with E-state index in [1.807, 2.05) is 55.5 Å².